The molecule has 0 spiro atoms. The Morgan fingerprint density at radius 3 is 2.15 bits per heavy atom. The lowest BCUT2D eigenvalue weighted by Crippen LogP contribution is -2.54. The lowest BCUT2D eigenvalue weighted by molar-refractivity contribution is -0.143. The summed E-state index contributed by atoms with van der Waals surface area (Å²) >= 11 is 0. The Labute approximate surface area is 192 Å². The zero-order valence-electron chi connectivity index (χ0n) is 18.8. The Balaban J connectivity index is 1.25. The average molecular weight is 452 g/mol. The van der Waals surface area contributed by atoms with Crippen LogP contribution >= 0.6 is 0 Å². The molecule has 0 bridgehead atoms. The zero-order valence-corrected chi connectivity index (χ0v) is 18.8. The molecule has 0 aromatic heterocycles. The third kappa shape index (κ3) is 5.01. The van der Waals surface area contributed by atoms with Gasteiger partial charge >= 0.3 is 12.1 Å². The average Bonchev–Trinajstić information content (AvgIpc) is 3.07. The van der Waals surface area contributed by atoms with Crippen molar-refractivity contribution in [3.63, 3.8) is 0 Å². The van der Waals surface area contributed by atoms with Gasteiger partial charge in [0, 0.05) is 24.4 Å². The molecular formula is C25H29N3O5. The van der Waals surface area contributed by atoms with Crippen molar-refractivity contribution in [2.24, 2.45) is 5.92 Å². The third-order valence-corrected chi connectivity index (χ3v) is 6.34. The number of benzene rings is 2. The Hall–Kier alpha value is -3.39. The number of rotatable bonds is 8. The van der Waals surface area contributed by atoms with Crippen molar-refractivity contribution in [2.45, 2.75) is 30.8 Å². The van der Waals surface area contributed by atoms with Crippen LogP contribution in [0.25, 0.3) is 11.1 Å². The number of alkyl carbamates (subject to hydrolysis) is 1. The van der Waals surface area contributed by atoms with Crippen LogP contribution < -0.4 is 10.6 Å². The summed E-state index contributed by atoms with van der Waals surface area (Å²) in [5.74, 6) is -1.68. The van der Waals surface area contributed by atoms with Gasteiger partial charge in [0.2, 0.25) is 5.91 Å². The van der Waals surface area contributed by atoms with E-state index in [1.807, 2.05) is 24.3 Å². The number of likely N-dealkylation sites (N-methyl/N-ethyl adjacent to an activating group) is 1. The van der Waals surface area contributed by atoms with Gasteiger partial charge in [-0.05, 0) is 49.2 Å². The highest BCUT2D eigenvalue weighted by atomic mass is 16.5. The minimum Gasteiger partial charge on any atom is -0.480 e. The molecule has 0 heterocycles. The number of amides is 2. The molecule has 3 N–H and O–H groups in total. The standard InChI is InChI=1S/C25H29N3O5/c1-28(2)13-22(24(30)31)27-23(29)15-11-16(12-15)26-25(32)33-14-21-19-9-5-3-7-17(19)18-8-4-6-10-20(18)21/h3-10,15-16,21-22H,11-14H2,1-2H3,(H,26,32)(H,27,29)(H,30,31). The van der Waals surface area contributed by atoms with E-state index in [1.54, 1.807) is 19.0 Å². The maximum Gasteiger partial charge on any atom is 0.407 e. The molecule has 174 valence electrons. The number of carboxylic acid groups (broad SMARTS) is 1. The van der Waals surface area contributed by atoms with E-state index < -0.39 is 18.1 Å². The van der Waals surface area contributed by atoms with Crippen LogP contribution in [0.5, 0.6) is 0 Å². The van der Waals surface area contributed by atoms with Crippen LogP contribution in [0.4, 0.5) is 4.79 Å². The fourth-order valence-corrected chi connectivity index (χ4v) is 4.60. The van der Waals surface area contributed by atoms with E-state index in [4.69, 9.17) is 4.74 Å². The van der Waals surface area contributed by atoms with Crippen molar-refractivity contribution in [3.8, 4) is 11.1 Å². The zero-order chi connectivity index (χ0) is 23.5. The first-order valence-corrected chi connectivity index (χ1v) is 11.1. The second kappa shape index (κ2) is 9.62. The number of aliphatic carboxylic acids is 1. The van der Waals surface area contributed by atoms with Gasteiger partial charge < -0.3 is 25.4 Å². The molecule has 2 aromatic carbocycles. The molecule has 2 aliphatic rings. The van der Waals surface area contributed by atoms with Gasteiger partial charge in [0.1, 0.15) is 12.6 Å². The molecule has 33 heavy (non-hydrogen) atoms. The van der Waals surface area contributed by atoms with Crippen molar-refractivity contribution in [3.05, 3.63) is 59.7 Å². The highest BCUT2D eigenvalue weighted by molar-refractivity contribution is 5.86. The van der Waals surface area contributed by atoms with Crippen molar-refractivity contribution in [1.29, 1.82) is 0 Å². The van der Waals surface area contributed by atoms with Gasteiger partial charge in [0.05, 0.1) is 0 Å². The summed E-state index contributed by atoms with van der Waals surface area (Å²) in [6, 6.07) is 15.2. The van der Waals surface area contributed by atoms with Crippen LogP contribution in [0.1, 0.15) is 29.9 Å². The number of carbonyl (C=O) groups is 3. The summed E-state index contributed by atoms with van der Waals surface area (Å²) in [6.07, 6.45) is 0.422. The number of hydrogen-bond acceptors (Lipinski definition) is 5. The van der Waals surface area contributed by atoms with Crippen LogP contribution in [0.2, 0.25) is 0 Å². The number of hydrogen-bond donors (Lipinski definition) is 3. The quantitative estimate of drug-likeness (QED) is 0.569. The summed E-state index contributed by atoms with van der Waals surface area (Å²) in [5.41, 5.74) is 4.64. The summed E-state index contributed by atoms with van der Waals surface area (Å²) in [5, 5.41) is 14.7. The molecule has 0 radical (unpaired) electrons. The Kier molecular flexibility index (Phi) is 6.65. The molecule has 0 saturated heterocycles. The van der Waals surface area contributed by atoms with Gasteiger partial charge in [-0.2, -0.15) is 0 Å². The van der Waals surface area contributed by atoms with Crippen molar-refractivity contribution in [1.82, 2.24) is 15.5 Å². The van der Waals surface area contributed by atoms with Gasteiger partial charge in [-0.3, -0.25) is 4.79 Å². The summed E-state index contributed by atoms with van der Waals surface area (Å²) < 4.78 is 5.55. The number of carboxylic acids is 1. The molecule has 8 heteroatoms. The summed E-state index contributed by atoms with van der Waals surface area (Å²) in [4.78, 5) is 37.8. The smallest absolute Gasteiger partial charge is 0.407 e. The maximum atomic E-state index is 12.4. The van der Waals surface area contributed by atoms with E-state index in [1.165, 1.54) is 11.1 Å². The topological polar surface area (TPSA) is 108 Å². The fourth-order valence-electron chi connectivity index (χ4n) is 4.60. The molecule has 2 amide bonds. The first-order chi connectivity index (χ1) is 15.8. The van der Waals surface area contributed by atoms with Gasteiger partial charge in [-0.1, -0.05) is 48.5 Å². The summed E-state index contributed by atoms with van der Waals surface area (Å²) in [6.45, 7) is 0.455. The van der Waals surface area contributed by atoms with Crippen LogP contribution in [0.15, 0.2) is 48.5 Å². The van der Waals surface area contributed by atoms with E-state index in [9.17, 15) is 19.5 Å². The number of fused-ring (bicyclic) bond motifs is 3. The first kappa shape index (κ1) is 22.8. The highest BCUT2D eigenvalue weighted by Crippen LogP contribution is 2.44. The van der Waals surface area contributed by atoms with Crippen LogP contribution in [-0.4, -0.2) is 67.3 Å². The number of nitrogens with one attached hydrogen (secondary N) is 2. The molecule has 8 nitrogen and oxygen atoms in total. The second-order valence-electron chi connectivity index (χ2n) is 9.00. The largest absolute Gasteiger partial charge is 0.480 e. The van der Waals surface area contributed by atoms with E-state index in [-0.39, 0.29) is 36.9 Å². The molecule has 1 atom stereocenters. The molecule has 1 fully saturated rings. The molecular weight excluding hydrogens is 422 g/mol. The first-order valence-electron chi connectivity index (χ1n) is 11.1. The van der Waals surface area contributed by atoms with E-state index >= 15 is 0 Å². The molecule has 0 aliphatic heterocycles. The SMILES string of the molecule is CN(C)CC(NC(=O)C1CC(NC(=O)OCC2c3ccccc3-c3ccccc32)C1)C(=O)O. The van der Waals surface area contributed by atoms with Crippen molar-refractivity contribution >= 4 is 18.0 Å². The molecule has 4 rings (SSSR count). The minimum absolute atomic E-state index is 0.00674. The van der Waals surface area contributed by atoms with Crippen LogP contribution in [0, 0.1) is 5.92 Å². The van der Waals surface area contributed by atoms with Crippen molar-refractivity contribution < 1.29 is 24.2 Å². The van der Waals surface area contributed by atoms with E-state index in [0.717, 1.165) is 11.1 Å². The second-order valence-corrected chi connectivity index (χ2v) is 9.00. The highest BCUT2D eigenvalue weighted by Gasteiger charge is 2.37. The fraction of sp³-hybridized carbons (Fsp3) is 0.400. The molecule has 2 aromatic rings. The van der Waals surface area contributed by atoms with Gasteiger partial charge in [-0.25, -0.2) is 9.59 Å². The number of carbonyl (C=O) groups excluding carboxylic acids is 2. The van der Waals surface area contributed by atoms with Gasteiger partial charge in [0.25, 0.3) is 0 Å². The third-order valence-electron chi connectivity index (χ3n) is 6.34. The number of ether oxygens (including phenoxy) is 1. The predicted octanol–water partition coefficient (Wildman–Crippen LogP) is 2.43. The summed E-state index contributed by atoms with van der Waals surface area (Å²) in [7, 11) is 3.50. The van der Waals surface area contributed by atoms with Crippen molar-refractivity contribution in [2.75, 3.05) is 27.2 Å². The maximum absolute atomic E-state index is 12.4. The Bertz CT molecular complexity index is 1000. The van der Waals surface area contributed by atoms with Crippen LogP contribution in [0.3, 0.4) is 0 Å². The number of nitrogens with zero attached hydrogens (tertiary/aromatic N) is 1. The lowest BCUT2D eigenvalue weighted by Gasteiger charge is -2.35. The molecule has 1 unspecified atom stereocenters. The van der Waals surface area contributed by atoms with Crippen LogP contribution in [-0.2, 0) is 14.3 Å². The monoisotopic (exact) mass is 451 g/mol. The van der Waals surface area contributed by atoms with Gasteiger partial charge in [0.15, 0.2) is 0 Å². The molecule has 2 aliphatic carbocycles. The minimum atomic E-state index is -1.07. The Morgan fingerprint density at radius 1 is 1.03 bits per heavy atom. The van der Waals surface area contributed by atoms with E-state index in [0.29, 0.717) is 12.8 Å². The van der Waals surface area contributed by atoms with Gasteiger partial charge in [-0.15, -0.1) is 0 Å². The lowest BCUT2D eigenvalue weighted by atomic mass is 9.79. The normalized spacial score (nSPS) is 19.7. The molecule has 1 saturated carbocycles. The predicted molar refractivity (Wildman–Crippen MR) is 123 cm³/mol. The van der Waals surface area contributed by atoms with E-state index in [2.05, 4.69) is 34.9 Å². The Morgan fingerprint density at radius 2 is 1.61 bits per heavy atom.